The van der Waals surface area contributed by atoms with Gasteiger partial charge in [-0.2, -0.15) is 0 Å². The minimum absolute atomic E-state index is 0.687. The van der Waals surface area contributed by atoms with Crippen molar-refractivity contribution >= 4 is 23.5 Å². The molecule has 0 radical (unpaired) electrons. The van der Waals surface area contributed by atoms with E-state index in [4.69, 9.17) is 4.74 Å². The van der Waals surface area contributed by atoms with Gasteiger partial charge in [-0.3, -0.25) is 4.99 Å². The fourth-order valence-electron chi connectivity index (χ4n) is 2.88. The lowest BCUT2D eigenvalue weighted by Gasteiger charge is -2.29. The van der Waals surface area contributed by atoms with Crippen molar-refractivity contribution in [3.8, 4) is 0 Å². The predicted octanol–water partition coefficient (Wildman–Crippen LogP) is 2.38. The van der Waals surface area contributed by atoms with Gasteiger partial charge in [0.2, 0.25) is 0 Å². The molecule has 1 aliphatic heterocycles. The number of benzene rings is 1. The molecule has 2 aromatic rings. The van der Waals surface area contributed by atoms with Crippen LogP contribution in [0.3, 0.4) is 0 Å². The van der Waals surface area contributed by atoms with E-state index in [0.29, 0.717) is 6.54 Å². The van der Waals surface area contributed by atoms with Gasteiger partial charge in [-0.25, -0.2) is 4.98 Å². The SMILES string of the molecule is CN=C(NCCSc1ccccc1)NCc1cccnc1N1CCOCC1. The molecule has 1 fully saturated rings. The maximum absolute atomic E-state index is 5.45. The number of guanidine groups is 1. The number of aliphatic imine (C=N–C) groups is 1. The molecule has 1 saturated heterocycles. The maximum Gasteiger partial charge on any atom is 0.191 e. The minimum Gasteiger partial charge on any atom is -0.378 e. The highest BCUT2D eigenvalue weighted by atomic mass is 32.2. The monoisotopic (exact) mass is 385 g/mol. The fraction of sp³-hybridized carbons (Fsp3) is 0.400. The molecular weight excluding hydrogens is 358 g/mol. The molecule has 2 heterocycles. The molecule has 0 spiro atoms. The average Bonchev–Trinajstić information content (AvgIpc) is 2.75. The van der Waals surface area contributed by atoms with E-state index in [1.807, 2.05) is 30.1 Å². The first-order valence-electron chi connectivity index (χ1n) is 9.26. The number of thioether (sulfide) groups is 1. The molecule has 0 amide bonds. The van der Waals surface area contributed by atoms with Crippen LogP contribution in [0.2, 0.25) is 0 Å². The zero-order chi connectivity index (χ0) is 18.7. The third-order valence-corrected chi connectivity index (χ3v) is 5.27. The Bertz CT molecular complexity index is 719. The molecule has 1 aromatic carbocycles. The van der Waals surface area contributed by atoms with E-state index < -0.39 is 0 Å². The lowest BCUT2D eigenvalue weighted by atomic mass is 10.2. The van der Waals surface area contributed by atoms with Gasteiger partial charge >= 0.3 is 0 Å². The van der Waals surface area contributed by atoms with Crippen molar-refractivity contribution in [3.05, 3.63) is 54.2 Å². The van der Waals surface area contributed by atoms with Crippen LogP contribution in [0.4, 0.5) is 5.82 Å². The summed E-state index contributed by atoms with van der Waals surface area (Å²) in [5, 5.41) is 6.77. The minimum atomic E-state index is 0.687. The fourth-order valence-corrected chi connectivity index (χ4v) is 3.67. The van der Waals surface area contributed by atoms with Crippen molar-refractivity contribution in [2.45, 2.75) is 11.4 Å². The second-order valence-corrected chi connectivity index (χ2v) is 7.27. The molecule has 3 rings (SSSR count). The first-order chi connectivity index (χ1) is 13.4. The van der Waals surface area contributed by atoms with Crippen LogP contribution in [0.1, 0.15) is 5.56 Å². The number of ether oxygens (including phenoxy) is 1. The number of rotatable bonds is 7. The maximum atomic E-state index is 5.45. The number of nitrogens with zero attached hydrogens (tertiary/aromatic N) is 3. The highest BCUT2D eigenvalue weighted by Crippen LogP contribution is 2.18. The molecule has 6 nitrogen and oxygen atoms in total. The first kappa shape index (κ1) is 19.5. The van der Waals surface area contributed by atoms with Crippen LogP contribution < -0.4 is 15.5 Å². The van der Waals surface area contributed by atoms with Crippen LogP contribution in [0.5, 0.6) is 0 Å². The van der Waals surface area contributed by atoms with Gasteiger partial charge in [0.1, 0.15) is 5.82 Å². The number of hydrogen-bond donors (Lipinski definition) is 2. The quantitative estimate of drug-likeness (QED) is 0.330. The van der Waals surface area contributed by atoms with Crippen molar-refractivity contribution < 1.29 is 4.74 Å². The summed E-state index contributed by atoms with van der Waals surface area (Å²) in [4.78, 5) is 12.5. The Morgan fingerprint density at radius 3 is 2.74 bits per heavy atom. The average molecular weight is 386 g/mol. The van der Waals surface area contributed by atoms with E-state index in [0.717, 1.165) is 50.4 Å². The predicted molar refractivity (Wildman–Crippen MR) is 113 cm³/mol. The molecule has 2 N–H and O–H groups in total. The Balaban J connectivity index is 1.46. The zero-order valence-corrected chi connectivity index (χ0v) is 16.5. The Kier molecular flexibility index (Phi) is 7.80. The summed E-state index contributed by atoms with van der Waals surface area (Å²) in [5.41, 5.74) is 1.17. The highest BCUT2D eigenvalue weighted by molar-refractivity contribution is 7.99. The number of hydrogen-bond acceptors (Lipinski definition) is 5. The van der Waals surface area contributed by atoms with Gasteiger partial charge in [-0.05, 0) is 18.2 Å². The molecule has 0 aliphatic carbocycles. The first-order valence-corrected chi connectivity index (χ1v) is 10.2. The van der Waals surface area contributed by atoms with Crippen LogP contribution in [0, 0.1) is 0 Å². The van der Waals surface area contributed by atoms with Gasteiger partial charge in [-0.1, -0.05) is 24.3 Å². The third-order valence-electron chi connectivity index (χ3n) is 4.25. The largest absolute Gasteiger partial charge is 0.378 e. The van der Waals surface area contributed by atoms with Gasteiger partial charge in [0.25, 0.3) is 0 Å². The van der Waals surface area contributed by atoms with E-state index in [9.17, 15) is 0 Å². The lowest BCUT2D eigenvalue weighted by Crippen LogP contribution is -2.40. The Labute approximate surface area is 165 Å². The second kappa shape index (κ2) is 10.8. The normalized spacial score (nSPS) is 14.9. The molecule has 0 atom stereocenters. The Hall–Kier alpha value is -2.25. The zero-order valence-electron chi connectivity index (χ0n) is 15.7. The summed E-state index contributed by atoms with van der Waals surface area (Å²) in [7, 11) is 1.80. The number of nitrogens with one attached hydrogen (secondary N) is 2. The van der Waals surface area contributed by atoms with E-state index >= 15 is 0 Å². The summed E-state index contributed by atoms with van der Waals surface area (Å²) in [6.07, 6.45) is 1.85. The van der Waals surface area contributed by atoms with Gasteiger partial charge < -0.3 is 20.3 Å². The summed E-state index contributed by atoms with van der Waals surface area (Å²) in [6, 6.07) is 14.5. The standard InChI is InChI=1S/C20H27N5OS/c1-21-20(23-10-15-27-18-7-3-2-4-8-18)24-16-17-6-5-9-22-19(17)25-11-13-26-14-12-25/h2-9H,10-16H2,1H3,(H2,21,23,24). The smallest absolute Gasteiger partial charge is 0.191 e. The number of anilines is 1. The summed E-state index contributed by atoms with van der Waals surface area (Å²) >= 11 is 1.83. The highest BCUT2D eigenvalue weighted by Gasteiger charge is 2.15. The summed E-state index contributed by atoms with van der Waals surface area (Å²) < 4.78 is 5.45. The van der Waals surface area contributed by atoms with Crippen LogP contribution in [-0.4, -0.2) is 56.6 Å². The molecule has 0 unspecified atom stereocenters. The van der Waals surface area contributed by atoms with Crippen molar-refractivity contribution in [1.82, 2.24) is 15.6 Å². The number of pyridine rings is 1. The molecule has 7 heteroatoms. The summed E-state index contributed by atoms with van der Waals surface area (Å²) in [5.74, 6) is 2.82. The number of morpholine rings is 1. The van der Waals surface area contributed by atoms with E-state index in [1.165, 1.54) is 10.5 Å². The Morgan fingerprint density at radius 2 is 1.96 bits per heavy atom. The van der Waals surface area contributed by atoms with Crippen molar-refractivity contribution in [1.29, 1.82) is 0 Å². The van der Waals surface area contributed by atoms with Crippen LogP contribution in [0.25, 0.3) is 0 Å². The third kappa shape index (κ3) is 6.15. The lowest BCUT2D eigenvalue weighted by molar-refractivity contribution is 0.122. The van der Waals surface area contributed by atoms with Crippen LogP contribution in [0.15, 0.2) is 58.5 Å². The van der Waals surface area contributed by atoms with Gasteiger partial charge in [-0.15, -0.1) is 11.8 Å². The van der Waals surface area contributed by atoms with Crippen molar-refractivity contribution in [2.75, 3.05) is 50.5 Å². The topological polar surface area (TPSA) is 61.8 Å². The Morgan fingerprint density at radius 1 is 1.15 bits per heavy atom. The molecule has 1 aromatic heterocycles. The van der Waals surface area contributed by atoms with E-state index in [2.05, 4.69) is 55.8 Å². The van der Waals surface area contributed by atoms with E-state index in [-0.39, 0.29) is 0 Å². The summed E-state index contributed by atoms with van der Waals surface area (Å²) in [6.45, 7) is 4.81. The van der Waals surface area contributed by atoms with Gasteiger partial charge in [0, 0.05) is 55.6 Å². The van der Waals surface area contributed by atoms with Gasteiger partial charge in [0.15, 0.2) is 5.96 Å². The molecule has 27 heavy (non-hydrogen) atoms. The van der Waals surface area contributed by atoms with Crippen molar-refractivity contribution in [2.24, 2.45) is 4.99 Å². The molecule has 144 valence electrons. The van der Waals surface area contributed by atoms with Crippen LogP contribution >= 0.6 is 11.8 Å². The van der Waals surface area contributed by atoms with Gasteiger partial charge in [0.05, 0.1) is 13.2 Å². The second-order valence-electron chi connectivity index (χ2n) is 6.10. The molecule has 0 saturated carbocycles. The number of aromatic nitrogens is 1. The van der Waals surface area contributed by atoms with E-state index in [1.54, 1.807) is 7.05 Å². The van der Waals surface area contributed by atoms with Crippen LogP contribution in [-0.2, 0) is 11.3 Å². The molecule has 1 aliphatic rings. The van der Waals surface area contributed by atoms with Crippen molar-refractivity contribution in [3.63, 3.8) is 0 Å². The molecule has 0 bridgehead atoms. The molecular formula is C20H27N5OS.